The van der Waals surface area contributed by atoms with Crippen molar-refractivity contribution in [3.05, 3.63) is 114 Å². The van der Waals surface area contributed by atoms with Crippen LogP contribution in [0.25, 0.3) is 17.0 Å². The van der Waals surface area contributed by atoms with Gasteiger partial charge in [0, 0.05) is 23.0 Å². The molecule has 38 heavy (non-hydrogen) atoms. The van der Waals surface area contributed by atoms with E-state index in [-0.39, 0.29) is 0 Å². The molecule has 0 aliphatic carbocycles. The molecular weight excluding hydrogens is 489 g/mol. The van der Waals surface area contributed by atoms with Crippen molar-refractivity contribution in [1.29, 1.82) is 0 Å². The van der Waals surface area contributed by atoms with E-state index in [0.717, 1.165) is 40.1 Å². The number of fused-ring (bicyclic) bond motifs is 1. The van der Waals surface area contributed by atoms with Crippen LogP contribution in [0.1, 0.15) is 17.0 Å². The van der Waals surface area contributed by atoms with Crippen LogP contribution in [0, 0.1) is 6.92 Å². The minimum Gasteiger partial charge on any atom is -0.354 e. The van der Waals surface area contributed by atoms with E-state index in [1.54, 1.807) is 36.7 Å². The lowest BCUT2D eigenvalue weighted by molar-refractivity contribution is -0.137. The second-order valence-corrected chi connectivity index (χ2v) is 8.48. The number of hydrogen-bond donors (Lipinski definition) is 3. The van der Waals surface area contributed by atoms with E-state index in [2.05, 4.69) is 25.9 Å². The number of alkyl halides is 3. The molecule has 190 valence electrons. The van der Waals surface area contributed by atoms with Gasteiger partial charge in [0.25, 0.3) is 0 Å². The number of anilines is 5. The van der Waals surface area contributed by atoms with Gasteiger partial charge in [0.15, 0.2) is 0 Å². The molecule has 0 radical (unpaired) electrons. The van der Waals surface area contributed by atoms with E-state index in [0.29, 0.717) is 23.0 Å². The third-order valence-electron chi connectivity index (χ3n) is 5.70. The molecule has 9 heteroatoms. The first-order valence-electron chi connectivity index (χ1n) is 11.8. The first-order valence-corrected chi connectivity index (χ1v) is 11.8. The van der Waals surface area contributed by atoms with Crippen molar-refractivity contribution in [3.8, 4) is 0 Å². The molecule has 0 atom stereocenters. The highest BCUT2D eigenvalue weighted by Crippen LogP contribution is 2.31. The summed E-state index contributed by atoms with van der Waals surface area (Å²) in [5.41, 5.74) is 4.30. The van der Waals surface area contributed by atoms with Crippen LogP contribution < -0.4 is 16.0 Å². The smallest absolute Gasteiger partial charge is 0.354 e. The van der Waals surface area contributed by atoms with Gasteiger partial charge in [0.2, 0.25) is 5.95 Å². The lowest BCUT2D eigenvalue weighted by Gasteiger charge is -2.11. The average Bonchev–Trinajstić information content (AvgIpc) is 2.91. The molecule has 5 rings (SSSR count). The molecule has 2 aromatic heterocycles. The van der Waals surface area contributed by atoms with Crippen LogP contribution in [0.3, 0.4) is 0 Å². The van der Waals surface area contributed by atoms with Crippen LogP contribution in [-0.2, 0) is 6.18 Å². The van der Waals surface area contributed by atoms with E-state index in [1.165, 1.54) is 6.07 Å². The molecule has 0 saturated heterocycles. The number of halogens is 3. The van der Waals surface area contributed by atoms with Gasteiger partial charge in [0.05, 0.1) is 40.0 Å². The summed E-state index contributed by atoms with van der Waals surface area (Å²) in [5.74, 6) is 0.441. The Hall–Kier alpha value is -4.92. The van der Waals surface area contributed by atoms with Crippen molar-refractivity contribution < 1.29 is 13.2 Å². The van der Waals surface area contributed by atoms with Crippen molar-refractivity contribution in [2.45, 2.75) is 13.1 Å². The van der Waals surface area contributed by atoms with E-state index in [9.17, 15) is 13.2 Å². The highest BCUT2D eigenvalue weighted by molar-refractivity contribution is 5.94. The number of nitrogens with one attached hydrogen (secondary N) is 3. The summed E-state index contributed by atoms with van der Waals surface area (Å²) in [6.45, 7) is 1.93. The van der Waals surface area contributed by atoms with Gasteiger partial charge in [0.1, 0.15) is 0 Å². The maximum absolute atomic E-state index is 12.9. The second kappa shape index (κ2) is 10.6. The van der Waals surface area contributed by atoms with Gasteiger partial charge in [-0.1, -0.05) is 36.4 Å². The molecule has 2 heterocycles. The quantitative estimate of drug-likeness (QED) is 0.206. The van der Waals surface area contributed by atoms with Gasteiger partial charge < -0.3 is 16.0 Å². The van der Waals surface area contributed by atoms with Crippen molar-refractivity contribution in [2.75, 3.05) is 16.0 Å². The predicted molar refractivity (Wildman–Crippen MR) is 146 cm³/mol. The molecule has 0 aliphatic rings. The molecule has 3 aromatic carbocycles. The van der Waals surface area contributed by atoms with Gasteiger partial charge in [-0.15, -0.1) is 0 Å². The number of aromatic nitrogens is 3. The number of pyridine rings is 1. The highest BCUT2D eigenvalue weighted by Gasteiger charge is 2.30. The molecule has 0 saturated carbocycles. The fourth-order valence-electron chi connectivity index (χ4n) is 3.87. The third kappa shape index (κ3) is 5.89. The van der Waals surface area contributed by atoms with Crippen LogP contribution in [0.15, 0.2) is 97.3 Å². The van der Waals surface area contributed by atoms with Gasteiger partial charge in [-0.25, -0.2) is 9.97 Å². The summed E-state index contributed by atoms with van der Waals surface area (Å²) in [5, 5.41) is 10.4. The summed E-state index contributed by atoms with van der Waals surface area (Å²) >= 11 is 0. The van der Waals surface area contributed by atoms with E-state index < -0.39 is 11.7 Å². The van der Waals surface area contributed by atoms with E-state index in [1.807, 2.05) is 55.5 Å². The monoisotopic (exact) mass is 512 g/mol. The highest BCUT2D eigenvalue weighted by atomic mass is 19.4. The van der Waals surface area contributed by atoms with Crippen molar-refractivity contribution in [3.63, 3.8) is 0 Å². The normalized spacial score (nSPS) is 11.6. The Balaban J connectivity index is 1.28. The predicted octanol–water partition coefficient (Wildman–Crippen LogP) is 7.92. The molecule has 0 bridgehead atoms. The number of para-hydroxylation sites is 2. The molecule has 0 spiro atoms. The van der Waals surface area contributed by atoms with E-state index in [4.69, 9.17) is 4.98 Å². The second-order valence-electron chi connectivity index (χ2n) is 8.48. The minimum atomic E-state index is -4.40. The molecule has 3 N–H and O–H groups in total. The molecule has 0 amide bonds. The van der Waals surface area contributed by atoms with Gasteiger partial charge in [-0.3, -0.25) is 4.98 Å². The Labute approximate surface area is 217 Å². The lowest BCUT2D eigenvalue weighted by Crippen LogP contribution is -2.05. The molecular formula is C29H23F3N6. The van der Waals surface area contributed by atoms with Crippen LogP contribution in [0.2, 0.25) is 0 Å². The molecule has 0 fully saturated rings. The Morgan fingerprint density at radius 1 is 0.763 bits per heavy atom. The molecule has 5 aromatic rings. The van der Waals surface area contributed by atoms with Gasteiger partial charge in [-0.05, 0) is 61.5 Å². The fraction of sp³-hybridized carbons (Fsp3) is 0.0690. The SMILES string of the molecule is Cc1nc(N/C=C/c2ccc(Nc3cccc(C(F)(F)F)c3)cn2)nc2c(Nc3ccccc3)cccc12. The van der Waals surface area contributed by atoms with Gasteiger partial charge in [-0.2, -0.15) is 13.2 Å². The fourth-order valence-corrected chi connectivity index (χ4v) is 3.87. The number of benzene rings is 3. The lowest BCUT2D eigenvalue weighted by atomic mass is 10.1. The first-order chi connectivity index (χ1) is 18.3. The zero-order chi connectivity index (χ0) is 26.5. The summed E-state index contributed by atoms with van der Waals surface area (Å²) in [7, 11) is 0. The Morgan fingerprint density at radius 2 is 1.55 bits per heavy atom. The maximum Gasteiger partial charge on any atom is 0.416 e. The largest absolute Gasteiger partial charge is 0.416 e. The zero-order valence-electron chi connectivity index (χ0n) is 20.3. The summed E-state index contributed by atoms with van der Waals surface area (Å²) in [6, 6.07) is 24.3. The van der Waals surface area contributed by atoms with E-state index >= 15 is 0 Å². The number of hydrogen-bond acceptors (Lipinski definition) is 6. The minimum absolute atomic E-state index is 0.330. The Kier molecular flexibility index (Phi) is 6.90. The maximum atomic E-state index is 12.9. The zero-order valence-corrected chi connectivity index (χ0v) is 20.3. The van der Waals surface area contributed by atoms with Crippen LogP contribution in [-0.4, -0.2) is 15.0 Å². The van der Waals surface area contributed by atoms with Crippen LogP contribution in [0.5, 0.6) is 0 Å². The first kappa shape index (κ1) is 24.8. The number of rotatable bonds is 7. The van der Waals surface area contributed by atoms with Crippen molar-refractivity contribution in [2.24, 2.45) is 0 Å². The topological polar surface area (TPSA) is 74.8 Å². The van der Waals surface area contributed by atoms with Gasteiger partial charge >= 0.3 is 6.18 Å². The molecule has 6 nitrogen and oxygen atoms in total. The standard InChI is InChI=1S/C29H23F3N6/c1-19-25-11-6-12-26(37-22-8-3-2-4-9-22)27(25)38-28(35-19)33-16-15-21-13-14-24(18-34-21)36-23-10-5-7-20(17-23)29(30,31)32/h2-18,36-37H,1H3,(H,33,35,38)/b16-15+. The molecule has 0 unspecified atom stereocenters. The van der Waals surface area contributed by atoms with Crippen LogP contribution in [0.4, 0.5) is 41.9 Å². The number of nitrogens with zero attached hydrogens (tertiary/aromatic N) is 3. The third-order valence-corrected chi connectivity index (χ3v) is 5.70. The summed E-state index contributed by atoms with van der Waals surface area (Å²) in [4.78, 5) is 13.6. The Morgan fingerprint density at radius 3 is 2.32 bits per heavy atom. The van der Waals surface area contributed by atoms with Crippen molar-refractivity contribution in [1.82, 2.24) is 15.0 Å². The summed E-state index contributed by atoms with van der Waals surface area (Å²) in [6.07, 6.45) is 0.601. The molecule has 0 aliphatic heterocycles. The van der Waals surface area contributed by atoms with Crippen LogP contribution >= 0.6 is 0 Å². The summed E-state index contributed by atoms with van der Waals surface area (Å²) < 4.78 is 38.8. The van der Waals surface area contributed by atoms with Crippen molar-refractivity contribution >= 4 is 45.7 Å². The average molecular weight is 513 g/mol. The number of aryl methyl sites for hydroxylation is 1. The Bertz CT molecular complexity index is 1580.